The fraction of sp³-hybridized carbons (Fsp3) is 0.611. The van der Waals surface area contributed by atoms with Gasteiger partial charge in [-0.2, -0.15) is 4.31 Å². The normalized spacial score (nSPS) is 25.4. The van der Waals surface area contributed by atoms with E-state index in [1.165, 1.54) is 18.9 Å². The molecular weight excluding hydrogens is 324 g/mol. The average Bonchev–Trinajstić information content (AvgIpc) is 3.36. The lowest BCUT2D eigenvalue weighted by molar-refractivity contribution is 0.0951. The van der Waals surface area contributed by atoms with E-state index in [1.54, 1.807) is 22.5 Å². The van der Waals surface area contributed by atoms with Crippen LogP contribution in [0.4, 0.5) is 0 Å². The van der Waals surface area contributed by atoms with E-state index in [1.807, 2.05) is 0 Å². The topological polar surface area (TPSA) is 66.5 Å². The maximum absolute atomic E-state index is 12.9. The molecular formula is C18H26N2O3S. The van der Waals surface area contributed by atoms with Crippen LogP contribution in [0.2, 0.25) is 0 Å². The number of amides is 1. The van der Waals surface area contributed by atoms with Gasteiger partial charge in [-0.25, -0.2) is 8.42 Å². The Morgan fingerprint density at radius 3 is 2.50 bits per heavy atom. The Balaban J connectivity index is 1.77. The Morgan fingerprint density at radius 1 is 1.21 bits per heavy atom. The second kappa shape index (κ2) is 6.84. The Morgan fingerprint density at radius 2 is 1.88 bits per heavy atom. The minimum atomic E-state index is -3.55. The van der Waals surface area contributed by atoms with Crippen molar-refractivity contribution in [3.8, 4) is 0 Å². The third kappa shape index (κ3) is 3.98. The number of hydrogen-bond donors (Lipinski definition) is 1. The fourth-order valence-electron chi connectivity index (χ4n) is 3.41. The summed E-state index contributed by atoms with van der Waals surface area (Å²) < 4.78 is 27.4. The highest BCUT2D eigenvalue weighted by atomic mass is 32.2. The summed E-state index contributed by atoms with van der Waals surface area (Å²) >= 11 is 0. The Labute approximate surface area is 144 Å². The maximum atomic E-state index is 12.9. The summed E-state index contributed by atoms with van der Waals surface area (Å²) in [5, 5.41) is 2.89. The molecule has 6 heteroatoms. The van der Waals surface area contributed by atoms with Crippen LogP contribution < -0.4 is 5.32 Å². The highest BCUT2D eigenvalue weighted by Gasteiger charge is 2.32. The van der Waals surface area contributed by atoms with Gasteiger partial charge in [-0.05, 0) is 55.2 Å². The van der Waals surface area contributed by atoms with Crippen molar-refractivity contribution in [3.05, 3.63) is 29.8 Å². The summed E-state index contributed by atoms with van der Waals surface area (Å²) in [6, 6.07) is 6.40. The zero-order valence-corrected chi connectivity index (χ0v) is 15.2. The molecule has 1 aliphatic heterocycles. The zero-order valence-electron chi connectivity index (χ0n) is 14.4. The molecule has 2 aliphatic rings. The molecule has 2 unspecified atom stereocenters. The van der Waals surface area contributed by atoms with E-state index in [9.17, 15) is 13.2 Å². The van der Waals surface area contributed by atoms with E-state index in [4.69, 9.17) is 0 Å². The molecule has 24 heavy (non-hydrogen) atoms. The molecule has 1 heterocycles. The molecule has 0 spiro atoms. The molecule has 132 valence electrons. The highest BCUT2D eigenvalue weighted by Crippen LogP contribution is 2.28. The van der Waals surface area contributed by atoms with Gasteiger partial charge in [-0.1, -0.05) is 19.9 Å². The predicted molar refractivity (Wildman–Crippen MR) is 93.2 cm³/mol. The van der Waals surface area contributed by atoms with Crippen molar-refractivity contribution < 1.29 is 13.2 Å². The number of benzene rings is 1. The third-order valence-corrected chi connectivity index (χ3v) is 6.65. The van der Waals surface area contributed by atoms with Gasteiger partial charge in [0.1, 0.15) is 0 Å². The molecule has 1 aliphatic carbocycles. The van der Waals surface area contributed by atoms with E-state index in [-0.39, 0.29) is 10.8 Å². The number of hydrogen-bond acceptors (Lipinski definition) is 3. The van der Waals surface area contributed by atoms with Crippen molar-refractivity contribution in [2.75, 3.05) is 19.6 Å². The molecule has 1 saturated heterocycles. The number of piperidine rings is 1. The van der Waals surface area contributed by atoms with Gasteiger partial charge in [-0.15, -0.1) is 0 Å². The molecule has 1 aromatic carbocycles. The molecule has 0 bridgehead atoms. The van der Waals surface area contributed by atoms with E-state index in [0.717, 1.165) is 6.42 Å². The Bertz CT molecular complexity index is 703. The molecule has 2 atom stereocenters. The van der Waals surface area contributed by atoms with Crippen molar-refractivity contribution in [2.45, 2.75) is 38.0 Å². The van der Waals surface area contributed by atoms with Crippen LogP contribution >= 0.6 is 0 Å². The van der Waals surface area contributed by atoms with Crippen molar-refractivity contribution in [1.82, 2.24) is 9.62 Å². The molecule has 2 fully saturated rings. The number of sulfonamides is 1. The third-order valence-electron chi connectivity index (χ3n) is 4.82. The van der Waals surface area contributed by atoms with Crippen molar-refractivity contribution >= 4 is 15.9 Å². The molecule has 1 N–H and O–H groups in total. The first-order chi connectivity index (χ1) is 11.4. The minimum Gasteiger partial charge on any atom is -0.352 e. The summed E-state index contributed by atoms with van der Waals surface area (Å²) in [7, 11) is -3.55. The highest BCUT2D eigenvalue weighted by molar-refractivity contribution is 7.89. The Kier molecular flexibility index (Phi) is 4.97. The monoisotopic (exact) mass is 350 g/mol. The van der Waals surface area contributed by atoms with Gasteiger partial charge in [0, 0.05) is 25.2 Å². The standard InChI is InChI=1S/C18H26N2O3S/c1-13-8-14(2)12-20(11-13)24(22,23)17-5-3-4-16(9-17)18(21)19-10-15-6-7-15/h3-5,9,13-15H,6-8,10-12H2,1-2H3,(H,19,21). The lowest BCUT2D eigenvalue weighted by Crippen LogP contribution is -2.42. The summed E-state index contributed by atoms with van der Waals surface area (Å²) in [5.41, 5.74) is 0.412. The molecule has 1 saturated carbocycles. The molecule has 1 aromatic rings. The molecule has 0 aromatic heterocycles. The summed E-state index contributed by atoms with van der Waals surface area (Å²) in [6.45, 7) is 5.94. The van der Waals surface area contributed by atoms with Crippen LogP contribution in [0.3, 0.4) is 0 Å². The van der Waals surface area contributed by atoms with Crippen molar-refractivity contribution in [2.24, 2.45) is 17.8 Å². The van der Waals surface area contributed by atoms with Gasteiger partial charge in [0.05, 0.1) is 4.90 Å². The van der Waals surface area contributed by atoms with Crippen LogP contribution in [0.25, 0.3) is 0 Å². The quantitative estimate of drug-likeness (QED) is 0.887. The maximum Gasteiger partial charge on any atom is 0.251 e. The smallest absolute Gasteiger partial charge is 0.251 e. The number of nitrogens with zero attached hydrogens (tertiary/aromatic N) is 1. The second-order valence-corrected chi connectivity index (χ2v) is 9.39. The summed E-state index contributed by atoms with van der Waals surface area (Å²) in [5.74, 6) is 1.11. The lowest BCUT2D eigenvalue weighted by atomic mass is 9.94. The lowest BCUT2D eigenvalue weighted by Gasteiger charge is -2.34. The van der Waals surface area contributed by atoms with Gasteiger partial charge < -0.3 is 5.32 Å². The number of nitrogens with one attached hydrogen (secondary N) is 1. The SMILES string of the molecule is CC1CC(C)CN(S(=O)(=O)c2cccc(C(=O)NCC3CC3)c2)C1. The molecule has 0 radical (unpaired) electrons. The fourth-order valence-corrected chi connectivity index (χ4v) is 5.14. The number of carbonyl (C=O) groups is 1. The minimum absolute atomic E-state index is 0.195. The van der Waals surface area contributed by atoms with Gasteiger partial charge in [0.2, 0.25) is 10.0 Å². The zero-order chi connectivity index (χ0) is 17.3. The number of rotatable bonds is 5. The van der Waals surface area contributed by atoms with E-state index in [2.05, 4.69) is 19.2 Å². The molecule has 5 nitrogen and oxygen atoms in total. The van der Waals surface area contributed by atoms with Crippen LogP contribution in [-0.2, 0) is 10.0 Å². The first-order valence-electron chi connectivity index (χ1n) is 8.74. The van der Waals surface area contributed by atoms with Gasteiger partial charge >= 0.3 is 0 Å². The summed E-state index contributed by atoms with van der Waals surface area (Å²) in [6.07, 6.45) is 3.38. The van der Waals surface area contributed by atoms with Crippen LogP contribution in [0.15, 0.2) is 29.2 Å². The van der Waals surface area contributed by atoms with Gasteiger partial charge in [0.15, 0.2) is 0 Å². The van der Waals surface area contributed by atoms with Crippen LogP contribution in [-0.4, -0.2) is 38.3 Å². The van der Waals surface area contributed by atoms with Gasteiger partial charge in [-0.3, -0.25) is 4.79 Å². The first-order valence-corrected chi connectivity index (χ1v) is 10.2. The Hall–Kier alpha value is -1.40. The van der Waals surface area contributed by atoms with E-state index >= 15 is 0 Å². The second-order valence-electron chi connectivity index (χ2n) is 7.45. The van der Waals surface area contributed by atoms with E-state index in [0.29, 0.717) is 43.0 Å². The van der Waals surface area contributed by atoms with Crippen molar-refractivity contribution in [3.63, 3.8) is 0 Å². The van der Waals surface area contributed by atoms with Gasteiger partial charge in [0.25, 0.3) is 5.91 Å². The van der Waals surface area contributed by atoms with Crippen LogP contribution in [0.1, 0.15) is 43.5 Å². The predicted octanol–water partition coefficient (Wildman–Crippen LogP) is 2.49. The summed E-state index contributed by atoms with van der Waals surface area (Å²) in [4.78, 5) is 12.4. The van der Waals surface area contributed by atoms with Crippen LogP contribution in [0, 0.1) is 17.8 Å². The first kappa shape index (κ1) is 17.4. The molecule has 3 rings (SSSR count). The molecule has 1 amide bonds. The van der Waals surface area contributed by atoms with Crippen molar-refractivity contribution in [1.29, 1.82) is 0 Å². The number of carbonyl (C=O) groups excluding carboxylic acids is 1. The van der Waals surface area contributed by atoms with E-state index < -0.39 is 10.0 Å². The average molecular weight is 350 g/mol. The largest absolute Gasteiger partial charge is 0.352 e. The van der Waals surface area contributed by atoms with Crippen LogP contribution in [0.5, 0.6) is 0 Å².